The molecule has 86 valence electrons. The molecule has 0 aromatic heterocycles. The zero-order chi connectivity index (χ0) is 10.9. The number of carbonyl (C=O) groups excluding carboxylic acids is 1. The standard InChI is InChI=1S/C13H16O3/c1-6-9-10(13(14)15-6)12-8-5-3-2-4-7(8)11(9)16-12/h6,9-12H,2-5H2,1H3/t6?,9?,10-,11?,12?/m1/s1. The summed E-state index contributed by atoms with van der Waals surface area (Å²) in [5.41, 5.74) is 2.96. The number of cyclic esters (lactones) is 1. The average Bonchev–Trinajstić information content (AvgIpc) is 2.91. The van der Waals surface area contributed by atoms with Crippen LogP contribution in [-0.4, -0.2) is 24.3 Å². The Bertz CT molecular complexity index is 398. The Balaban J connectivity index is 1.79. The Morgan fingerprint density at radius 2 is 1.81 bits per heavy atom. The van der Waals surface area contributed by atoms with Crippen LogP contribution in [-0.2, 0) is 14.3 Å². The minimum atomic E-state index is -0.0258. The van der Waals surface area contributed by atoms with E-state index in [1.807, 2.05) is 6.92 Å². The number of fused-ring (bicyclic) bond motifs is 7. The van der Waals surface area contributed by atoms with Gasteiger partial charge in [-0.05, 0) is 43.8 Å². The van der Waals surface area contributed by atoms with Gasteiger partial charge in [-0.3, -0.25) is 4.79 Å². The maximum Gasteiger partial charge on any atom is 0.312 e. The van der Waals surface area contributed by atoms with Crippen LogP contribution in [0.25, 0.3) is 0 Å². The molecule has 16 heavy (non-hydrogen) atoms. The van der Waals surface area contributed by atoms with Gasteiger partial charge in [0, 0.05) is 5.92 Å². The first kappa shape index (κ1) is 9.23. The largest absolute Gasteiger partial charge is 0.462 e. The molecular weight excluding hydrogens is 204 g/mol. The summed E-state index contributed by atoms with van der Waals surface area (Å²) in [6, 6.07) is 0. The maximum absolute atomic E-state index is 11.8. The van der Waals surface area contributed by atoms with Crippen LogP contribution >= 0.6 is 0 Å². The van der Waals surface area contributed by atoms with Crippen molar-refractivity contribution in [3.8, 4) is 0 Å². The van der Waals surface area contributed by atoms with E-state index in [1.165, 1.54) is 30.4 Å². The van der Waals surface area contributed by atoms with Gasteiger partial charge in [0.1, 0.15) is 6.10 Å². The minimum Gasteiger partial charge on any atom is -0.462 e. The molecule has 4 unspecified atom stereocenters. The Kier molecular flexibility index (Phi) is 1.67. The van der Waals surface area contributed by atoms with Crippen LogP contribution in [0, 0.1) is 11.8 Å². The van der Waals surface area contributed by atoms with Gasteiger partial charge in [0.05, 0.1) is 18.1 Å². The number of esters is 1. The topological polar surface area (TPSA) is 35.5 Å². The van der Waals surface area contributed by atoms with Crippen molar-refractivity contribution in [3.63, 3.8) is 0 Å². The molecule has 4 rings (SSSR count). The fourth-order valence-corrected chi connectivity index (χ4v) is 4.10. The second kappa shape index (κ2) is 2.89. The van der Waals surface area contributed by atoms with Crippen molar-refractivity contribution in [2.24, 2.45) is 11.8 Å². The van der Waals surface area contributed by atoms with Crippen molar-refractivity contribution in [2.45, 2.75) is 50.9 Å². The third-order valence-corrected chi connectivity index (χ3v) is 4.74. The van der Waals surface area contributed by atoms with Gasteiger partial charge in [0.2, 0.25) is 0 Å². The number of hydrogen-bond acceptors (Lipinski definition) is 3. The molecule has 0 amide bonds. The molecule has 3 nitrogen and oxygen atoms in total. The molecule has 2 saturated heterocycles. The molecule has 0 N–H and O–H groups in total. The Morgan fingerprint density at radius 1 is 1.12 bits per heavy atom. The molecule has 5 atom stereocenters. The summed E-state index contributed by atoms with van der Waals surface area (Å²) >= 11 is 0. The van der Waals surface area contributed by atoms with Crippen LogP contribution in [0.2, 0.25) is 0 Å². The molecule has 0 aromatic carbocycles. The summed E-state index contributed by atoms with van der Waals surface area (Å²) in [6.07, 6.45) is 5.18. The van der Waals surface area contributed by atoms with Crippen LogP contribution in [0.5, 0.6) is 0 Å². The van der Waals surface area contributed by atoms with E-state index >= 15 is 0 Å². The molecular formula is C13H16O3. The Hall–Kier alpha value is -0.830. The summed E-state index contributed by atoms with van der Waals surface area (Å²) in [7, 11) is 0. The molecule has 2 bridgehead atoms. The summed E-state index contributed by atoms with van der Waals surface area (Å²) in [5, 5.41) is 0. The lowest BCUT2D eigenvalue weighted by molar-refractivity contribution is -0.146. The third-order valence-electron chi connectivity index (χ3n) is 4.74. The molecule has 0 spiro atoms. The Morgan fingerprint density at radius 3 is 2.56 bits per heavy atom. The minimum absolute atomic E-state index is 0.0110. The van der Waals surface area contributed by atoms with Crippen molar-refractivity contribution in [1.82, 2.24) is 0 Å². The van der Waals surface area contributed by atoms with E-state index in [1.54, 1.807) is 0 Å². The van der Waals surface area contributed by atoms with Crippen LogP contribution in [0.1, 0.15) is 32.6 Å². The van der Waals surface area contributed by atoms with Gasteiger partial charge in [-0.15, -0.1) is 0 Å². The van der Waals surface area contributed by atoms with Gasteiger partial charge in [0.15, 0.2) is 0 Å². The quantitative estimate of drug-likeness (QED) is 0.461. The van der Waals surface area contributed by atoms with Crippen molar-refractivity contribution < 1.29 is 14.3 Å². The molecule has 1 aliphatic carbocycles. The van der Waals surface area contributed by atoms with E-state index in [-0.39, 0.29) is 30.2 Å². The molecule has 2 fully saturated rings. The molecule has 3 heteroatoms. The second-order valence-corrected chi connectivity index (χ2v) is 5.48. The summed E-state index contributed by atoms with van der Waals surface area (Å²) in [5.74, 6) is 0.285. The highest BCUT2D eigenvalue weighted by molar-refractivity contribution is 5.78. The molecule has 3 aliphatic heterocycles. The van der Waals surface area contributed by atoms with Gasteiger partial charge in [0.25, 0.3) is 0 Å². The lowest BCUT2D eigenvalue weighted by Crippen LogP contribution is -2.33. The van der Waals surface area contributed by atoms with Gasteiger partial charge in [-0.2, -0.15) is 0 Å². The van der Waals surface area contributed by atoms with Gasteiger partial charge < -0.3 is 9.47 Å². The molecule has 0 aromatic rings. The fraction of sp³-hybridized carbons (Fsp3) is 0.769. The first-order valence-corrected chi connectivity index (χ1v) is 6.35. The van der Waals surface area contributed by atoms with Gasteiger partial charge in [-0.25, -0.2) is 0 Å². The summed E-state index contributed by atoms with van der Waals surface area (Å²) in [6.45, 7) is 2.01. The zero-order valence-corrected chi connectivity index (χ0v) is 9.44. The van der Waals surface area contributed by atoms with Crippen LogP contribution in [0.15, 0.2) is 11.1 Å². The van der Waals surface area contributed by atoms with Crippen LogP contribution in [0.3, 0.4) is 0 Å². The SMILES string of the molecule is CC1OC(=O)[C@H]2C3OC(C4=C3CCCC4)C12. The van der Waals surface area contributed by atoms with Crippen molar-refractivity contribution in [3.05, 3.63) is 11.1 Å². The van der Waals surface area contributed by atoms with Crippen molar-refractivity contribution >= 4 is 5.97 Å². The molecule has 4 aliphatic rings. The first-order valence-electron chi connectivity index (χ1n) is 6.35. The third kappa shape index (κ3) is 0.915. The number of rotatable bonds is 0. The van der Waals surface area contributed by atoms with E-state index in [4.69, 9.17) is 9.47 Å². The average molecular weight is 220 g/mol. The van der Waals surface area contributed by atoms with Crippen molar-refractivity contribution in [1.29, 1.82) is 0 Å². The zero-order valence-electron chi connectivity index (χ0n) is 9.44. The van der Waals surface area contributed by atoms with Gasteiger partial charge in [-0.1, -0.05) is 0 Å². The predicted octanol–water partition coefficient (Wildman–Crippen LogP) is 1.82. The van der Waals surface area contributed by atoms with E-state index in [0.29, 0.717) is 5.92 Å². The summed E-state index contributed by atoms with van der Waals surface area (Å²) in [4.78, 5) is 11.8. The first-order chi connectivity index (χ1) is 7.77. The van der Waals surface area contributed by atoms with E-state index in [2.05, 4.69) is 0 Å². The number of hydrogen-bond donors (Lipinski definition) is 0. The Labute approximate surface area is 94.8 Å². The smallest absolute Gasteiger partial charge is 0.312 e. The lowest BCUT2D eigenvalue weighted by atomic mass is 9.71. The monoisotopic (exact) mass is 220 g/mol. The predicted molar refractivity (Wildman–Crippen MR) is 56.7 cm³/mol. The number of carbonyl (C=O) groups is 1. The molecule has 3 heterocycles. The van der Waals surface area contributed by atoms with Crippen molar-refractivity contribution in [2.75, 3.05) is 0 Å². The lowest BCUT2D eigenvalue weighted by Gasteiger charge is -2.28. The van der Waals surface area contributed by atoms with E-state index in [0.717, 1.165) is 6.42 Å². The normalized spacial score (nSPS) is 49.3. The van der Waals surface area contributed by atoms with Crippen LogP contribution in [0.4, 0.5) is 0 Å². The number of ether oxygens (including phenoxy) is 2. The highest BCUT2D eigenvalue weighted by Gasteiger charge is 2.62. The highest BCUT2D eigenvalue weighted by Crippen LogP contribution is 2.55. The molecule has 0 radical (unpaired) electrons. The fourth-order valence-electron chi connectivity index (χ4n) is 4.10. The second-order valence-electron chi connectivity index (χ2n) is 5.48. The summed E-state index contributed by atoms with van der Waals surface area (Å²) < 4.78 is 11.4. The molecule has 0 saturated carbocycles. The van der Waals surface area contributed by atoms with E-state index in [9.17, 15) is 4.79 Å². The van der Waals surface area contributed by atoms with Crippen LogP contribution < -0.4 is 0 Å². The van der Waals surface area contributed by atoms with Gasteiger partial charge >= 0.3 is 5.97 Å². The van der Waals surface area contributed by atoms with E-state index < -0.39 is 0 Å². The highest BCUT2D eigenvalue weighted by atomic mass is 16.6. The maximum atomic E-state index is 11.8.